The minimum atomic E-state index is 0.521. The van der Waals surface area contributed by atoms with Gasteiger partial charge in [-0.2, -0.15) is 5.10 Å². The first-order valence-electron chi connectivity index (χ1n) is 6.32. The number of aliphatic imine (C=N–C) groups is 1. The molecule has 1 aromatic carbocycles. The van der Waals surface area contributed by atoms with E-state index in [2.05, 4.69) is 25.5 Å². The van der Waals surface area contributed by atoms with Crippen LogP contribution in [0.1, 0.15) is 18.4 Å². The molecule has 0 amide bonds. The lowest BCUT2D eigenvalue weighted by molar-refractivity contribution is 0.879. The molecule has 1 aromatic heterocycles. The third-order valence-corrected chi connectivity index (χ3v) is 2.98. The molecule has 98 valence electrons. The number of nitrogens with zero attached hydrogens (tertiary/aromatic N) is 3. The predicted molar refractivity (Wildman–Crippen MR) is 73.3 cm³/mol. The Morgan fingerprint density at radius 2 is 2.37 bits per heavy atom. The number of rotatable bonds is 4. The summed E-state index contributed by atoms with van der Waals surface area (Å²) in [7, 11) is 0. The van der Waals surface area contributed by atoms with Gasteiger partial charge in [-0.05, 0) is 24.5 Å². The van der Waals surface area contributed by atoms with Crippen LogP contribution >= 0.6 is 0 Å². The van der Waals surface area contributed by atoms with Crippen molar-refractivity contribution < 1.29 is 0 Å². The molecular weight excluding hydrogens is 240 g/mol. The molecule has 1 aliphatic rings. The van der Waals surface area contributed by atoms with Crippen molar-refractivity contribution in [1.29, 1.82) is 0 Å². The molecule has 1 fully saturated rings. The first-order valence-corrected chi connectivity index (χ1v) is 6.32. The number of aromatic nitrogens is 3. The number of nitrogens with two attached hydrogens (primary N) is 1. The van der Waals surface area contributed by atoms with Gasteiger partial charge in [0.2, 0.25) is 0 Å². The van der Waals surface area contributed by atoms with Gasteiger partial charge >= 0.3 is 0 Å². The largest absolute Gasteiger partial charge is 0.370 e. The van der Waals surface area contributed by atoms with E-state index in [0.717, 1.165) is 17.0 Å². The summed E-state index contributed by atoms with van der Waals surface area (Å²) in [5.74, 6) is 1.28. The molecule has 0 spiro atoms. The Kier molecular flexibility index (Phi) is 3.14. The first kappa shape index (κ1) is 11.7. The SMILES string of the molecule is NC(=NCc1cccc(-c2ncn[nH]2)c1)NC1CC1. The van der Waals surface area contributed by atoms with Gasteiger partial charge in [0.05, 0.1) is 6.54 Å². The van der Waals surface area contributed by atoms with E-state index in [-0.39, 0.29) is 0 Å². The molecule has 0 bridgehead atoms. The molecule has 0 radical (unpaired) electrons. The highest BCUT2D eigenvalue weighted by Gasteiger charge is 2.21. The highest BCUT2D eigenvalue weighted by atomic mass is 15.2. The van der Waals surface area contributed by atoms with Crippen molar-refractivity contribution >= 4 is 5.96 Å². The predicted octanol–water partition coefficient (Wildman–Crippen LogP) is 1.04. The van der Waals surface area contributed by atoms with Crippen LogP contribution in [0.2, 0.25) is 0 Å². The van der Waals surface area contributed by atoms with E-state index >= 15 is 0 Å². The molecule has 0 atom stereocenters. The number of hydrogen-bond acceptors (Lipinski definition) is 3. The van der Waals surface area contributed by atoms with Crippen molar-refractivity contribution in [3.8, 4) is 11.4 Å². The lowest BCUT2D eigenvalue weighted by atomic mass is 10.1. The summed E-state index contributed by atoms with van der Waals surface area (Å²) < 4.78 is 0. The van der Waals surface area contributed by atoms with Crippen LogP contribution in [0.25, 0.3) is 11.4 Å². The molecule has 4 N–H and O–H groups in total. The number of H-pyrrole nitrogens is 1. The number of benzene rings is 1. The Balaban J connectivity index is 1.69. The van der Waals surface area contributed by atoms with Crippen LogP contribution < -0.4 is 11.1 Å². The maximum Gasteiger partial charge on any atom is 0.189 e. The minimum absolute atomic E-state index is 0.521. The van der Waals surface area contributed by atoms with Gasteiger partial charge in [-0.1, -0.05) is 18.2 Å². The number of aromatic amines is 1. The minimum Gasteiger partial charge on any atom is -0.370 e. The summed E-state index contributed by atoms with van der Waals surface area (Å²) >= 11 is 0. The second kappa shape index (κ2) is 5.09. The van der Waals surface area contributed by atoms with E-state index in [1.165, 1.54) is 19.2 Å². The average Bonchev–Trinajstić information content (AvgIpc) is 3.07. The lowest BCUT2D eigenvalue weighted by Gasteiger charge is -2.04. The smallest absolute Gasteiger partial charge is 0.189 e. The second-order valence-corrected chi connectivity index (χ2v) is 4.65. The van der Waals surface area contributed by atoms with Crippen LogP contribution in [0.4, 0.5) is 0 Å². The van der Waals surface area contributed by atoms with Crippen LogP contribution in [-0.2, 0) is 6.54 Å². The van der Waals surface area contributed by atoms with Crippen LogP contribution in [0.15, 0.2) is 35.6 Å². The fraction of sp³-hybridized carbons (Fsp3) is 0.308. The van der Waals surface area contributed by atoms with Gasteiger partial charge in [0.1, 0.15) is 6.33 Å². The van der Waals surface area contributed by atoms with Crippen molar-refractivity contribution in [2.45, 2.75) is 25.4 Å². The van der Waals surface area contributed by atoms with Crippen molar-refractivity contribution in [2.75, 3.05) is 0 Å². The highest BCUT2D eigenvalue weighted by Crippen LogP contribution is 2.18. The zero-order valence-electron chi connectivity index (χ0n) is 10.5. The van der Waals surface area contributed by atoms with Gasteiger partial charge in [0, 0.05) is 11.6 Å². The lowest BCUT2D eigenvalue weighted by Crippen LogP contribution is -2.33. The number of hydrogen-bond donors (Lipinski definition) is 3. The summed E-state index contributed by atoms with van der Waals surface area (Å²) in [5, 5.41) is 9.86. The van der Waals surface area contributed by atoms with Crippen LogP contribution in [0.5, 0.6) is 0 Å². The third kappa shape index (κ3) is 3.09. The fourth-order valence-electron chi connectivity index (χ4n) is 1.82. The molecule has 1 aliphatic carbocycles. The molecule has 0 unspecified atom stereocenters. The quantitative estimate of drug-likeness (QED) is 0.563. The van der Waals surface area contributed by atoms with Gasteiger partial charge in [-0.3, -0.25) is 5.10 Å². The molecule has 1 saturated carbocycles. The summed E-state index contributed by atoms with van der Waals surface area (Å²) in [6.07, 6.45) is 3.88. The molecule has 6 nitrogen and oxygen atoms in total. The van der Waals surface area contributed by atoms with Crippen molar-refractivity contribution in [1.82, 2.24) is 20.5 Å². The van der Waals surface area contributed by atoms with Gasteiger partial charge in [0.15, 0.2) is 11.8 Å². The van der Waals surface area contributed by atoms with E-state index < -0.39 is 0 Å². The monoisotopic (exact) mass is 256 g/mol. The Morgan fingerprint density at radius 1 is 1.47 bits per heavy atom. The highest BCUT2D eigenvalue weighted by molar-refractivity contribution is 5.78. The zero-order chi connectivity index (χ0) is 13.1. The maximum atomic E-state index is 5.81. The first-order chi connectivity index (χ1) is 9.31. The zero-order valence-corrected chi connectivity index (χ0v) is 10.5. The number of nitrogens with one attached hydrogen (secondary N) is 2. The summed E-state index contributed by atoms with van der Waals surface area (Å²) in [4.78, 5) is 8.47. The van der Waals surface area contributed by atoms with E-state index in [1.807, 2.05) is 24.3 Å². The maximum absolute atomic E-state index is 5.81. The molecular formula is C13H16N6. The molecule has 0 aliphatic heterocycles. The van der Waals surface area contributed by atoms with E-state index in [1.54, 1.807) is 0 Å². The summed E-state index contributed by atoms with van der Waals surface area (Å²) in [6, 6.07) is 8.55. The van der Waals surface area contributed by atoms with Crippen molar-refractivity contribution in [3.05, 3.63) is 36.2 Å². The van der Waals surface area contributed by atoms with Gasteiger partial charge in [-0.15, -0.1) is 0 Å². The molecule has 6 heteroatoms. The van der Waals surface area contributed by atoms with Crippen LogP contribution in [0, 0.1) is 0 Å². The van der Waals surface area contributed by atoms with Gasteiger partial charge in [0.25, 0.3) is 0 Å². The Morgan fingerprint density at radius 3 is 3.11 bits per heavy atom. The molecule has 2 aromatic rings. The Hall–Kier alpha value is -2.37. The van der Waals surface area contributed by atoms with Gasteiger partial charge in [-0.25, -0.2) is 9.98 Å². The molecule has 1 heterocycles. The van der Waals surface area contributed by atoms with Crippen LogP contribution in [0.3, 0.4) is 0 Å². The van der Waals surface area contributed by atoms with E-state index in [0.29, 0.717) is 18.5 Å². The van der Waals surface area contributed by atoms with Crippen LogP contribution in [-0.4, -0.2) is 27.2 Å². The van der Waals surface area contributed by atoms with Crippen molar-refractivity contribution in [2.24, 2.45) is 10.7 Å². The Labute approximate surface area is 111 Å². The molecule has 19 heavy (non-hydrogen) atoms. The fourth-order valence-corrected chi connectivity index (χ4v) is 1.82. The topological polar surface area (TPSA) is 92.0 Å². The average molecular weight is 256 g/mol. The third-order valence-electron chi connectivity index (χ3n) is 2.98. The molecule has 3 rings (SSSR count). The van der Waals surface area contributed by atoms with E-state index in [4.69, 9.17) is 5.73 Å². The molecule has 0 saturated heterocycles. The normalized spacial score (nSPS) is 15.5. The van der Waals surface area contributed by atoms with Gasteiger partial charge < -0.3 is 11.1 Å². The number of guanidine groups is 1. The Bertz CT molecular complexity index is 571. The van der Waals surface area contributed by atoms with E-state index in [9.17, 15) is 0 Å². The standard InChI is InChI=1S/C13H16N6/c14-13(18-11-4-5-11)15-7-9-2-1-3-10(6-9)12-16-8-17-19-12/h1-3,6,8,11H,4-5,7H2,(H3,14,15,18)(H,16,17,19). The second-order valence-electron chi connectivity index (χ2n) is 4.65. The summed E-state index contributed by atoms with van der Waals surface area (Å²) in [5.41, 5.74) is 7.90. The summed E-state index contributed by atoms with van der Waals surface area (Å²) in [6.45, 7) is 0.563. The van der Waals surface area contributed by atoms with Crippen molar-refractivity contribution in [3.63, 3.8) is 0 Å².